The SMILES string of the molecule is CC1CCCC(CNC(C)CC#N)(N(C)C)C1. The van der Waals surface area contributed by atoms with Crippen molar-refractivity contribution >= 4 is 0 Å². The molecule has 3 nitrogen and oxygen atoms in total. The van der Waals surface area contributed by atoms with Crippen molar-refractivity contribution in [3.05, 3.63) is 0 Å². The Bertz CT molecular complexity index is 269. The van der Waals surface area contributed by atoms with Crippen LogP contribution in [-0.4, -0.2) is 37.1 Å². The van der Waals surface area contributed by atoms with Gasteiger partial charge in [-0.25, -0.2) is 0 Å². The number of hydrogen-bond acceptors (Lipinski definition) is 3. The average molecular weight is 237 g/mol. The quantitative estimate of drug-likeness (QED) is 0.798. The van der Waals surface area contributed by atoms with E-state index in [1.165, 1.54) is 25.7 Å². The number of nitrogens with one attached hydrogen (secondary N) is 1. The first-order valence-electron chi connectivity index (χ1n) is 6.78. The molecule has 1 rings (SSSR count). The van der Waals surface area contributed by atoms with Gasteiger partial charge in [0.1, 0.15) is 0 Å². The monoisotopic (exact) mass is 237 g/mol. The molecule has 0 aliphatic heterocycles. The second-order valence-corrected chi connectivity index (χ2v) is 5.96. The van der Waals surface area contributed by atoms with Gasteiger partial charge in [0.15, 0.2) is 0 Å². The molecule has 0 aromatic heterocycles. The minimum Gasteiger partial charge on any atom is -0.311 e. The maximum absolute atomic E-state index is 8.69. The summed E-state index contributed by atoms with van der Waals surface area (Å²) in [5.74, 6) is 0.819. The number of rotatable bonds is 5. The van der Waals surface area contributed by atoms with Gasteiger partial charge in [0.05, 0.1) is 12.5 Å². The van der Waals surface area contributed by atoms with Gasteiger partial charge >= 0.3 is 0 Å². The lowest BCUT2D eigenvalue weighted by atomic mass is 9.75. The van der Waals surface area contributed by atoms with Gasteiger partial charge in [0.25, 0.3) is 0 Å². The molecule has 0 amide bonds. The minimum absolute atomic E-state index is 0.293. The molecule has 1 aliphatic rings. The second kappa shape index (κ2) is 6.37. The van der Waals surface area contributed by atoms with Crippen molar-refractivity contribution in [1.82, 2.24) is 10.2 Å². The lowest BCUT2D eigenvalue weighted by Crippen LogP contribution is -2.55. The van der Waals surface area contributed by atoms with Crippen molar-refractivity contribution in [3.8, 4) is 6.07 Å². The summed E-state index contributed by atoms with van der Waals surface area (Å²) in [6.45, 7) is 5.46. The van der Waals surface area contributed by atoms with E-state index in [0.29, 0.717) is 18.0 Å². The van der Waals surface area contributed by atoms with Crippen LogP contribution in [0.4, 0.5) is 0 Å². The first kappa shape index (κ1) is 14.5. The molecule has 3 atom stereocenters. The predicted octanol–water partition coefficient (Wildman–Crippen LogP) is 2.39. The van der Waals surface area contributed by atoms with E-state index < -0.39 is 0 Å². The van der Waals surface area contributed by atoms with Gasteiger partial charge in [0, 0.05) is 18.1 Å². The van der Waals surface area contributed by atoms with Crippen LogP contribution in [0.1, 0.15) is 46.0 Å². The highest BCUT2D eigenvalue weighted by Crippen LogP contribution is 2.35. The summed E-state index contributed by atoms with van der Waals surface area (Å²) < 4.78 is 0. The second-order valence-electron chi connectivity index (χ2n) is 5.96. The highest BCUT2D eigenvalue weighted by Gasteiger charge is 2.36. The van der Waals surface area contributed by atoms with E-state index in [2.05, 4.69) is 44.2 Å². The molecule has 0 radical (unpaired) electrons. The molecule has 1 saturated carbocycles. The lowest BCUT2D eigenvalue weighted by Gasteiger charge is -2.46. The number of nitrogens with zero attached hydrogens (tertiary/aromatic N) is 2. The molecule has 0 bridgehead atoms. The van der Waals surface area contributed by atoms with Crippen LogP contribution >= 0.6 is 0 Å². The van der Waals surface area contributed by atoms with Gasteiger partial charge in [-0.3, -0.25) is 0 Å². The average Bonchev–Trinajstić information content (AvgIpc) is 2.27. The van der Waals surface area contributed by atoms with E-state index in [9.17, 15) is 0 Å². The van der Waals surface area contributed by atoms with Crippen LogP contribution in [0.5, 0.6) is 0 Å². The summed E-state index contributed by atoms with van der Waals surface area (Å²) >= 11 is 0. The highest BCUT2D eigenvalue weighted by atomic mass is 15.2. The smallest absolute Gasteiger partial charge is 0.0638 e. The Balaban J connectivity index is 2.56. The molecule has 0 aromatic rings. The molecule has 3 unspecified atom stereocenters. The van der Waals surface area contributed by atoms with Crippen molar-refractivity contribution in [3.63, 3.8) is 0 Å². The summed E-state index contributed by atoms with van der Waals surface area (Å²) in [5.41, 5.74) is 0.293. The zero-order chi connectivity index (χ0) is 12.9. The standard InChI is InChI=1S/C14H27N3/c1-12-6-5-8-14(10-12,17(3)4)11-16-13(2)7-9-15/h12-13,16H,5-8,10-11H2,1-4H3. The number of likely N-dealkylation sites (N-methyl/N-ethyl adjacent to an activating group) is 1. The fourth-order valence-electron chi connectivity index (χ4n) is 2.93. The highest BCUT2D eigenvalue weighted by molar-refractivity contribution is 4.95. The third-order valence-corrected chi connectivity index (χ3v) is 4.19. The number of hydrogen-bond donors (Lipinski definition) is 1. The van der Waals surface area contributed by atoms with E-state index in [-0.39, 0.29) is 0 Å². The molecule has 0 saturated heterocycles. The normalized spacial score (nSPS) is 31.2. The first-order valence-corrected chi connectivity index (χ1v) is 6.78. The zero-order valence-corrected chi connectivity index (χ0v) is 11.8. The largest absolute Gasteiger partial charge is 0.311 e. The minimum atomic E-state index is 0.293. The van der Waals surface area contributed by atoms with E-state index in [1.54, 1.807) is 0 Å². The van der Waals surface area contributed by atoms with Crippen molar-refractivity contribution in [1.29, 1.82) is 5.26 Å². The van der Waals surface area contributed by atoms with Crippen LogP contribution in [0, 0.1) is 17.2 Å². The third kappa shape index (κ3) is 3.97. The van der Waals surface area contributed by atoms with Crippen molar-refractivity contribution in [2.75, 3.05) is 20.6 Å². The fourth-order valence-corrected chi connectivity index (χ4v) is 2.93. The third-order valence-electron chi connectivity index (χ3n) is 4.19. The van der Waals surface area contributed by atoms with E-state index in [1.807, 2.05) is 0 Å². The Morgan fingerprint density at radius 3 is 2.76 bits per heavy atom. The van der Waals surface area contributed by atoms with Gasteiger partial charge in [0.2, 0.25) is 0 Å². The van der Waals surface area contributed by atoms with Crippen LogP contribution in [0.2, 0.25) is 0 Å². The van der Waals surface area contributed by atoms with Gasteiger partial charge in [-0.1, -0.05) is 19.8 Å². The molecule has 1 aliphatic carbocycles. The zero-order valence-electron chi connectivity index (χ0n) is 11.8. The van der Waals surface area contributed by atoms with Gasteiger partial charge in [-0.15, -0.1) is 0 Å². The van der Waals surface area contributed by atoms with E-state index >= 15 is 0 Å². The molecule has 0 spiro atoms. The van der Waals surface area contributed by atoms with Crippen LogP contribution in [0.15, 0.2) is 0 Å². The van der Waals surface area contributed by atoms with Crippen LogP contribution in [-0.2, 0) is 0 Å². The lowest BCUT2D eigenvalue weighted by molar-refractivity contribution is 0.0729. The van der Waals surface area contributed by atoms with E-state index in [0.717, 1.165) is 12.5 Å². The summed E-state index contributed by atoms with van der Waals surface area (Å²) in [7, 11) is 4.38. The Morgan fingerprint density at radius 1 is 1.53 bits per heavy atom. The first-order chi connectivity index (χ1) is 8.00. The molecule has 3 heteroatoms. The maximum Gasteiger partial charge on any atom is 0.0638 e. The van der Waals surface area contributed by atoms with Gasteiger partial charge in [-0.2, -0.15) is 5.26 Å². The Labute approximate surface area is 106 Å². The summed E-state index contributed by atoms with van der Waals surface area (Å²) in [6, 6.07) is 2.53. The fraction of sp³-hybridized carbons (Fsp3) is 0.929. The van der Waals surface area contributed by atoms with Crippen LogP contribution in [0.3, 0.4) is 0 Å². The molecular formula is C14H27N3. The molecule has 0 heterocycles. The summed E-state index contributed by atoms with van der Waals surface area (Å²) in [6.07, 6.45) is 5.83. The predicted molar refractivity (Wildman–Crippen MR) is 71.7 cm³/mol. The maximum atomic E-state index is 8.69. The molecule has 1 N–H and O–H groups in total. The molecule has 1 fully saturated rings. The Morgan fingerprint density at radius 2 is 2.24 bits per heavy atom. The van der Waals surface area contributed by atoms with Crippen LogP contribution in [0.25, 0.3) is 0 Å². The molecule has 98 valence electrons. The van der Waals surface area contributed by atoms with Gasteiger partial charge in [-0.05, 0) is 39.8 Å². The van der Waals surface area contributed by atoms with Crippen molar-refractivity contribution in [2.24, 2.45) is 5.92 Å². The summed E-state index contributed by atoms with van der Waals surface area (Å²) in [4.78, 5) is 2.38. The van der Waals surface area contributed by atoms with Crippen molar-refractivity contribution < 1.29 is 0 Å². The number of nitriles is 1. The summed E-state index contributed by atoms with van der Waals surface area (Å²) in [5, 5.41) is 12.2. The topological polar surface area (TPSA) is 39.1 Å². The Hall–Kier alpha value is -0.590. The van der Waals surface area contributed by atoms with Crippen LogP contribution < -0.4 is 5.32 Å². The van der Waals surface area contributed by atoms with Gasteiger partial charge < -0.3 is 10.2 Å². The molecular weight excluding hydrogens is 210 g/mol. The van der Waals surface area contributed by atoms with Crippen molar-refractivity contribution in [2.45, 2.75) is 57.5 Å². The Kier molecular flexibility index (Phi) is 5.42. The van der Waals surface area contributed by atoms with E-state index in [4.69, 9.17) is 5.26 Å². The molecule has 17 heavy (non-hydrogen) atoms. The molecule has 0 aromatic carbocycles.